The summed E-state index contributed by atoms with van der Waals surface area (Å²) in [5.41, 5.74) is 6.23. The summed E-state index contributed by atoms with van der Waals surface area (Å²) in [5.74, 6) is -0.459. The summed E-state index contributed by atoms with van der Waals surface area (Å²) >= 11 is 0. The van der Waals surface area contributed by atoms with Gasteiger partial charge in [0.1, 0.15) is 6.67 Å². The fourth-order valence-corrected chi connectivity index (χ4v) is 2.34. The van der Waals surface area contributed by atoms with Gasteiger partial charge in [0.25, 0.3) is 0 Å². The summed E-state index contributed by atoms with van der Waals surface area (Å²) in [6.07, 6.45) is 0.624. The largest absolute Gasteiger partial charge is 0.330 e. The summed E-state index contributed by atoms with van der Waals surface area (Å²) < 4.78 is 35.1. The summed E-state index contributed by atoms with van der Waals surface area (Å²) in [6.45, 7) is -0.393. The van der Waals surface area contributed by atoms with Crippen molar-refractivity contribution < 1.29 is 12.8 Å². The second-order valence-corrected chi connectivity index (χ2v) is 5.30. The SMILES string of the molecule is NCCc1cccc(S(=O)(=O)CCF)c1. The second kappa shape index (κ2) is 5.23. The lowest BCUT2D eigenvalue weighted by Gasteiger charge is -2.04. The maximum absolute atomic E-state index is 12.0. The number of nitrogens with two attached hydrogens (primary N) is 1. The third kappa shape index (κ3) is 3.28. The minimum Gasteiger partial charge on any atom is -0.330 e. The smallest absolute Gasteiger partial charge is 0.180 e. The Morgan fingerprint density at radius 3 is 2.67 bits per heavy atom. The Morgan fingerprint density at radius 2 is 2.07 bits per heavy atom. The molecule has 0 bridgehead atoms. The van der Waals surface area contributed by atoms with Gasteiger partial charge in [0, 0.05) is 0 Å². The Labute approximate surface area is 89.0 Å². The molecule has 0 amide bonds. The van der Waals surface area contributed by atoms with Crippen molar-refractivity contribution in [2.24, 2.45) is 5.73 Å². The molecule has 0 radical (unpaired) electrons. The molecule has 0 heterocycles. The molecule has 0 fully saturated rings. The molecule has 3 nitrogen and oxygen atoms in total. The van der Waals surface area contributed by atoms with E-state index in [2.05, 4.69) is 0 Å². The number of sulfone groups is 1. The molecule has 1 rings (SSSR count). The fourth-order valence-electron chi connectivity index (χ4n) is 1.28. The molecule has 15 heavy (non-hydrogen) atoms. The van der Waals surface area contributed by atoms with E-state index in [1.165, 1.54) is 6.07 Å². The zero-order chi connectivity index (χ0) is 11.3. The first-order valence-corrected chi connectivity index (χ1v) is 6.33. The Morgan fingerprint density at radius 1 is 1.33 bits per heavy atom. The van der Waals surface area contributed by atoms with Gasteiger partial charge in [0.15, 0.2) is 9.84 Å². The molecule has 0 unspecified atom stereocenters. The number of halogens is 1. The Balaban J connectivity index is 2.99. The van der Waals surface area contributed by atoms with Crippen LogP contribution in [0.4, 0.5) is 4.39 Å². The zero-order valence-electron chi connectivity index (χ0n) is 8.32. The molecular weight excluding hydrogens is 217 g/mol. The molecule has 1 aromatic carbocycles. The van der Waals surface area contributed by atoms with Gasteiger partial charge in [-0.15, -0.1) is 0 Å². The quantitative estimate of drug-likeness (QED) is 0.820. The molecule has 0 spiro atoms. The van der Waals surface area contributed by atoms with E-state index in [4.69, 9.17) is 5.73 Å². The minimum atomic E-state index is -3.47. The predicted octanol–water partition coefficient (Wildman–Crippen LogP) is 0.931. The van der Waals surface area contributed by atoms with Crippen molar-refractivity contribution in [2.45, 2.75) is 11.3 Å². The third-order valence-electron chi connectivity index (χ3n) is 2.04. The average Bonchev–Trinajstić information content (AvgIpc) is 2.19. The van der Waals surface area contributed by atoms with Gasteiger partial charge < -0.3 is 5.73 Å². The third-order valence-corrected chi connectivity index (χ3v) is 3.70. The minimum absolute atomic E-state index is 0.172. The summed E-state index contributed by atoms with van der Waals surface area (Å²) in [6, 6.07) is 6.49. The van der Waals surface area contributed by atoms with Gasteiger partial charge in [0.2, 0.25) is 0 Å². The lowest BCUT2D eigenvalue weighted by atomic mass is 10.2. The molecule has 0 aliphatic heterocycles. The van der Waals surface area contributed by atoms with Crippen LogP contribution in [0.15, 0.2) is 29.2 Å². The van der Waals surface area contributed by atoms with Crippen LogP contribution >= 0.6 is 0 Å². The van der Waals surface area contributed by atoms with Gasteiger partial charge in [0.05, 0.1) is 10.6 Å². The van der Waals surface area contributed by atoms with Crippen LogP contribution in [-0.4, -0.2) is 27.4 Å². The molecule has 0 aromatic heterocycles. The van der Waals surface area contributed by atoms with Gasteiger partial charge >= 0.3 is 0 Å². The highest BCUT2D eigenvalue weighted by molar-refractivity contribution is 7.91. The van der Waals surface area contributed by atoms with Crippen molar-refractivity contribution in [3.05, 3.63) is 29.8 Å². The monoisotopic (exact) mass is 231 g/mol. The Kier molecular flexibility index (Phi) is 4.23. The van der Waals surface area contributed by atoms with Crippen LogP contribution in [0.2, 0.25) is 0 Å². The van der Waals surface area contributed by atoms with Crippen LogP contribution in [-0.2, 0) is 16.3 Å². The molecule has 2 N–H and O–H groups in total. The average molecular weight is 231 g/mol. The van der Waals surface area contributed by atoms with E-state index in [-0.39, 0.29) is 4.90 Å². The van der Waals surface area contributed by atoms with Gasteiger partial charge in [-0.05, 0) is 30.7 Å². The molecule has 0 aliphatic rings. The predicted molar refractivity (Wildman–Crippen MR) is 57.2 cm³/mol. The first kappa shape index (κ1) is 12.1. The van der Waals surface area contributed by atoms with Gasteiger partial charge in [-0.25, -0.2) is 12.8 Å². The van der Waals surface area contributed by atoms with Crippen molar-refractivity contribution in [1.82, 2.24) is 0 Å². The lowest BCUT2D eigenvalue weighted by molar-refractivity contribution is 0.517. The first-order chi connectivity index (χ1) is 7.10. The van der Waals surface area contributed by atoms with Gasteiger partial charge in [-0.1, -0.05) is 12.1 Å². The van der Waals surface area contributed by atoms with E-state index in [0.29, 0.717) is 13.0 Å². The highest BCUT2D eigenvalue weighted by Crippen LogP contribution is 2.13. The maximum atomic E-state index is 12.0. The highest BCUT2D eigenvalue weighted by Gasteiger charge is 2.13. The van der Waals surface area contributed by atoms with E-state index in [9.17, 15) is 12.8 Å². The van der Waals surface area contributed by atoms with Crippen LogP contribution < -0.4 is 5.73 Å². The van der Waals surface area contributed by atoms with Crippen LogP contribution in [0.1, 0.15) is 5.56 Å². The van der Waals surface area contributed by atoms with Crippen molar-refractivity contribution in [3.63, 3.8) is 0 Å². The lowest BCUT2D eigenvalue weighted by Crippen LogP contribution is -2.09. The zero-order valence-corrected chi connectivity index (χ0v) is 9.13. The van der Waals surface area contributed by atoms with Crippen LogP contribution in [0.5, 0.6) is 0 Å². The standard InChI is InChI=1S/C10H14FNO2S/c11-5-7-15(13,14)10-3-1-2-9(8-10)4-6-12/h1-3,8H,4-7,12H2. The fraction of sp³-hybridized carbons (Fsp3) is 0.400. The molecule has 0 saturated heterocycles. The van der Waals surface area contributed by atoms with E-state index in [0.717, 1.165) is 5.56 Å². The number of hydrogen-bond donors (Lipinski definition) is 1. The van der Waals surface area contributed by atoms with Gasteiger partial charge in [-0.2, -0.15) is 0 Å². The van der Waals surface area contributed by atoms with E-state index in [1.54, 1.807) is 18.2 Å². The molecule has 5 heteroatoms. The molecule has 0 saturated carbocycles. The Hall–Kier alpha value is -0.940. The first-order valence-electron chi connectivity index (χ1n) is 4.68. The van der Waals surface area contributed by atoms with Gasteiger partial charge in [-0.3, -0.25) is 0 Å². The van der Waals surface area contributed by atoms with E-state index >= 15 is 0 Å². The number of benzene rings is 1. The summed E-state index contributed by atoms with van der Waals surface area (Å²) in [5, 5.41) is 0. The molecule has 0 atom stereocenters. The molecular formula is C10H14FNO2S. The van der Waals surface area contributed by atoms with Crippen molar-refractivity contribution in [1.29, 1.82) is 0 Å². The van der Waals surface area contributed by atoms with Crippen LogP contribution in [0.25, 0.3) is 0 Å². The van der Waals surface area contributed by atoms with Crippen LogP contribution in [0, 0.1) is 0 Å². The van der Waals surface area contributed by atoms with E-state index in [1.807, 2.05) is 0 Å². The number of hydrogen-bond acceptors (Lipinski definition) is 3. The van der Waals surface area contributed by atoms with E-state index < -0.39 is 22.3 Å². The molecule has 1 aromatic rings. The molecule has 0 aliphatic carbocycles. The van der Waals surface area contributed by atoms with Crippen molar-refractivity contribution in [2.75, 3.05) is 19.0 Å². The summed E-state index contributed by atoms with van der Waals surface area (Å²) in [4.78, 5) is 0.172. The highest BCUT2D eigenvalue weighted by atomic mass is 32.2. The maximum Gasteiger partial charge on any atom is 0.180 e. The van der Waals surface area contributed by atoms with Crippen LogP contribution in [0.3, 0.4) is 0 Å². The summed E-state index contributed by atoms with van der Waals surface area (Å²) in [7, 11) is -3.47. The Bertz CT molecular complexity index is 417. The number of alkyl halides is 1. The second-order valence-electron chi connectivity index (χ2n) is 3.19. The number of rotatable bonds is 5. The van der Waals surface area contributed by atoms with Crippen molar-refractivity contribution in [3.8, 4) is 0 Å². The topological polar surface area (TPSA) is 60.2 Å². The molecule has 84 valence electrons. The van der Waals surface area contributed by atoms with Crippen molar-refractivity contribution >= 4 is 9.84 Å². The normalized spacial score (nSPS) is 11.6.